The molecule has 4 heterocycles. The average molecular weight is 518 g/mol. The summed E-state index contributed by atoms with van der Waals surface area (Å²) in [5.74, 6) is -0.769. The summed E-state index contributed by atoms with van der Waals surface area (Å²) >= 11 is 2.80. The minimum Gasteiger partial charge on any atom is -0.354 e. The van der Waals surface area contributed by atoms with Crippen molar-refractivity contribution in [3.05, 3.63) is 88.4 Å². The second-order valence-corrected chi connectivity index (χ2v) is 10.5. The van der Waals surface area contributed by atoms with Crippen molar-refractivity contribution in [2.24, 2.45) is 0 Å². The number of thiazole rings is 1. The Morgan fingerprint density at radius 1 is 1.08 bits per heavy atom. The maximum Gasteiger partial charge on any atom is 0.270 e. The molecule has 10 heteroatoms. The van der Waals surface area contributed by atoms with Crippen molar-refractivity contribution in [2.45, 2.75) is 18.4 Å². The van der Waals surface area contributed by atoms with Crippen molar-refractivity contribution < 1.29 is 14.0 Å². The lowest BCUT2D eigenvalue weighted by molar-refractivity contribution is 0.0931. The van der Waals surface area contributed by atoms with E-state index in [4.69, 9.17) is 0 Å². The third kappa shape index (κ3) is 3.88. The van der Waals surface area contributed by atoms with Crippen LogP contribution in [-0.4, -0.2) is 33.2 Å². The maximum atomic E-state index is 13.4. The number of pyridine rings is 1. The Balaban J connectivity index is 1.30. The van der Waals surface area contributed by atoms with Crippen LogP contribution in [0.2, 0.25) is 0 Å². The van der Waals surface area contributed by atoms with Crippen LogP contribution in [0.5, 0.6) is 0 Å². The van der Waals surface area contributed by atoms with Crippen molar-refractivity contribution in [2.75, 3.05) is 7.05 Å². The Morgan fingerprint density at radius 3 is 2.58 bits per heavy atom. The molecule has 1 saturated carbocycles. The van der Waals surface area contributed by atoms with E-state index in [1.165, 1.54) is 34.8 Å². The fourth-order valence-corrected chi connectivity index (χ4v) is 6.05. The summed E-state index contributed by atoms with van der Waals surface area (Å²) in [6.07, 6.45) is 5.33. The summed E-state index contributed by atoms with van der Waals surface area (Å²) in [5, 5.41) is 7.76. The Bertz CT molecular complexity index is 1600. The van der Waals surface area contributed by atoms with Crippen molar-refractivity contribution in [3.8, 4) is 21.7 Å². The third-order valence-corrected chi connectivity index (χ3v) is 8.21. The molecule has 2 amide bonds. The van der Waals surface area contributed by atoms with Crippen molar-refractivity contribution in [1.29, 1.82) is 0 Å². The minimum atomic E-state index is -0.384. The molecule has 36 heavy (non-hydrogen) atoms. The molecule has 5 aromatic rings. The fraction of sp³-hybridized carbons (Fsp3) is 0.154. The molecule has 1 aliphatic rings. The Labute approximate surface area is 213 Å². The van der Waals surface area contributed by atoms with Gasteiger partial charge in [-0.2, -0.15) is 0 Å². The van der Waals surface area contributed by atoms with Crippen LogP contribution in [0.1, 0.15) is 38.7 Å². The molecule has 4 aromatic heterocycles. The van der Waals surface area contributed by atoms with Gasteiger partial charge in [-0.15, -0.1) is 11.3 Å². The number of fused-ring (bicyclic) bond motifs is 1. The molecule has 7 nitrogen and oxygen atoms in total. The number of nitrogens with zero attached hydrogens (tertiary/aromatic N) is 3. The predicted molar refractivity (Wildman–Crippen MR) is 138 cm³/mol. The van der Waals surface area contributed by atoms with Gasteiger partial charge in [0, 0.05) is 35.9 Å². The van der Waals surface area contributed by atoms with Crippen LogP contribution in [-0.2, 0) is 5.54 Å². The number of aromatic nitrogens is 3. The van der Waals surface area contributed by atoms with E-state index in [2.05, 4.69) is 20.6 Å². The lowest BCUT2D eigenvalue weighted by Gasteiger charge is -2.16. The van der Waals surface area contributed by atoms with Crippen molar-refractivity contribution >= 4 is 39.4 Å². The molecule has 180 valence electrons. The normalized spacial score (nSPS) is 14.1. The van der Waals surface area contributed by atoms with E-state index in [1.54, 1.807) is 29.8 Å². The summed E-state index contributed by atoms with van der Waals surface area (Å²) in [6.45, 7) is 0. The zero-order valence-corrected chi connectivity index (χ0v) is 20.8. The number of halogens is 1. The molecule has 0 saturated heterocycles. The predicted octanol–water partition coefficient (Wildman–Crippen LogP) is 5.10. The highest BCUT2D eigenvalue weighted by atomic mass is 32.1. The summed E-state index contributed by atoms with van der Waals surface area (Å²) in [4.78, 5) is 37.0. The molecule has 0 spiro atoms. The number of hydrogen-bond donors (Lipinski definition) is 2. The van der Waals surface area contributed by atoms with Crippen LogP contribution in [0.4, 0.5) is 4.39 Å². The van der Waals surface area contributed by atoms with Crippen LogP contribution in [0.3, 0.4) is 0 Å². The first kappa shape index (κ1) is 22.6. The number of carbonyl (C=O) groups excluding carboxylic acids is 2. The molecule has 0 bridgehead atoms. The maximum absolute atomic E-state index is 13.4. The van der Waals surface area contributed by atoms with E-state index in [9.17, 15) is 14.0 Å². The number of nitrogens with one attached hydrogen (secondary N) is 2. The first-order chi connectivity index (χ1) is 17.5. The van der Waals surface area contributed by atoms with E-state index >= 15 is 0 Å². The number of thiophene rings is 1. The van der Waals surface area contributed by atoms with Gasteiger partial charge >= 0.3 is 0 Å². The quantitative estimate of drug-likeness (QED) is 0.328. The smallest absolute Gasteiger partial charge is 0.270 e. The summed E-state index contributed by atoms with van der Waals surface area (Å²) < 4.78 is 15.2. The Hall–Kier alpha value is -3.89. The van der Waals surface area contributed by atoms with Gasteiger partial charge in [0.1, 0.15) is 17.2 Å². The van der Waals surface area contributed by atoms with Gasteiger partial charge in [-0.3, -0.25) is 19.0 Å². The van der Waals surface area contributed by atoms with Crippen LogP contribution >= 0.6 is 22.7 Å². The van der Waals surface area contributed by atoms with Crippen molar-refractivity contribution in [1.82, 2.24) is 25.0 Å². The van der Waals surface area contributed by atoms with E-state index in [0.29, 0.717) is 26.8 Å². The van der Waals surface area contributed by atoms with Gasteiger partial charge in [-0.05, 0) is 55.3 Å². The monoisotopic (exact) mass is 517 g/mol. The molecule has 0 radical (unpaired) electrons. The number of amides is 2. The minimum absolute atomic E-state index is 0.125. The third-order valence-electron chi connectivity index (χ3n) is 6.25. The zero-order valence-electron chi connectivity index (χ0n) is 19.1. The summed E-state index contributed by atoms with van der Waals surface area (Å²) in [7, 11) is 1.56. The molecular formula is C26H20FN5O2S2. The zero-order chi connectivity index (χ0) is 24.9. The molecule has 0 aliphatic heterocycles. The van der Waals surface area contributed by atoms with E-state index in [1.807, 2.05) is 35.8 Å². The number of carbonyl (C=O) groups is 2. The lowest BCUT2D eigenvalue weighted by atomic mass is 10.1. The molecule has 2 N–H and O–H groups in total. The molecule has 1 aliphatic carbocycles. The van der Waals surface area contributed by atoms with Crippen LogP contribution < -0.4 is 10.6 Å². The van der Waals surface area contributed by atoms with E-state index in [-0.39, 0.29) is 23.2 Å². The highest BCUT2D eigenvalue weighted by Crippen LogP contribution is 2.45. The number of hydrogen-bond acceptors (Lipinski definition) is 6. The summed E-state index contributed by atoms with van der Waals surface area (Å²) in [6, 6.07) is 13.5. The first-order valence-electron chi connectivity index (χ1n) is 11.3. The fourth-order valence-electron chi connectivity index (χ4n) is 4.20. The van der Waals surface area contributed by atoms with Crippen LogP contribution in [0, 0.1) is 5.82 Å². The highest BCUT2D eigenvalue weighted by Gasteiger charge is 2.47. The van der Waals surface area contributed by atoms with Gasteiger partial charge in [0.15, 0.2) is 4.96 Å². The van der Waals surface area contributed by atoms with Gasteiger partial charge in [-0.25, -0.2) is 9.37 Å². The van der Waals surface area contributed by atoms with E-state index in [0.717, 1.165) is 29.0 Å². The standard InChI is InChI=1S/C26H20FN5O2S2/c1-28-24(34)22-21(15-5-7-17(27)8-6-15)30-25-32(22)13-19(36-25)16-12-18(35-14-16)23(33)31-26(9-10-26)20-4-2-3-11-29-20/h2-8,11-14H,9-10H2,1H3,(H,28,34)(H,31,33). The molecule has 1 fully saturated rings. The van der Waals surface area contributed by atoms with Gasteiger partial charge in [0.05, 0.1) is 21.0 Å². The van der Waals surface area contributed by atoms with Crippen LogP contribution in [0.25, 0.3) is 26.7 Å². The molecular weight excluding hydrogens is 497 g/mol. The number of rotatable bonds is 6. The molecule has 6 rings (SSSR count). The SMILES string of the molecule is CNC(=O)c1c(-c2ccc(F)cc2)nc2sc(-c3csc(C(=O)NC4(c5ccccn5)CC4)c3)cn12. The van der Waals surface area contributed by atoms with Gasteiger partial charge in [0.2, 0.25) is 0 Å². The van der Waals surface area contributed by atoms with Gasteiger partial charge in [0.25, 0.3) is 11.8 Å². The second-order valence-electron chi connectivity index (χ2n) is 8.59. The largest absolute Gasteiger partial charge is 0.354 e. The number of benzene rings is 1. The molecule has 0 unspecified atom stereocenters. The van der Waals surface area contributed by atoms with E-state index < -0.39 is 0 Å². The lowest BCUT2D eigenvalue weighted by Crippen LogP contribution is -2.35. The molecule has 1 aromatic carbocycles. The Morgan fingerprint density at radius 2 is 1.89 bits per heavy atom. The number of imidazole rings is 1. The average Bonchev–Trinajstić information content (AvgIpc) is 3.22. The topological polar surface area (TPSA) is 88.4 Å². The van der Waals surface area contributed by atoms with Crippen LogP contribution in [0.15, 0.2) is 66.3 Å². The second kappa shape index (κ2) is 8.65. The van der Waals surface area contributed by atoms with Gasteiger partial charge in [-0.1, -0.05) is 17.4 Å². The molecule has 0 atom stereocenters. The van der Waals surface area contributed by atoms with Gasteiger partial charge < -0.3 is 10.6 Å². The van der Waals surface area contributed by atoms with Crippen molar-refractivity contribution in [3.63, 3.8) is 0 Å². The summed E-state index contributed by atoms with van der Waals surface area (Å²) in [5.41, 5.74) is 2.90. The highest BCUT2D eigenvalue weighted by molar-refractivity contribution is 7.20. The first-order valence-corrected chi connectivity index (χ1v) is 13.0. The Kier molecular flexibility index (Phi) is 5.42.